The molecular weight excluding hydrogens is 190 g/mol. The minimum Gasteiger partial charge on any atom is -0.258 e. The third-order valence-corrected chi connectivity index (χ3v) is 2.12. The molecule has 0 saturated carbocycles. The minimum atomic E-state index is -0.390. The lowest BCUT2D eigenvalue weighted by Crippen LogP contribution is -1.91. The lowest BCUT2D eigenvalue weighted by molar-refractivity contribution is -0.384. The second-order valence-corrected chi connectivity index (χ2v) is 3.07. The fourth-order valence-electron chi connectivity index (χ4n) is 1.43. The first-order chi connectivity index (χ1) is 7.29. The van der Waals surface area contributed by atoms with Crippen LogP contribution >= 0.6 is 0 Å². The van der Waals surface area contributed by atoms with Gasteiger partial charge in [0.15, 0.2) is 0 Å². The first-order valence-electron chi connectivity index (χ1n) is 4.49. The smallest absolute Gasteiger partial charge is 0.258 e. The van der Waals surface area contributed by atoms with Gasteiger partial charge in [-0.25, -0.2) is 0 Å². The highest BCUT2D eigenvalue weighted by molar-refractivity contribution is 5.72. The van der Waals surface area contributed by atoms with Crippen molar-refractivity contribution in [3.63, 3.8) is 0 Å². The van der Waals surface area contributed by atoms with Crippen molar-refractivity contribution >= 4 is 5.69 Å². The molecule has 3 nitrogen and oxygen atoms in total. The predicted molar refractivity (Wildman–Crippen MR) is 57.4 cm³/mol. The van der Waals surface area contributed by atoms with Crippen molar-refractivity contribution in [2.45, 2.75) is 0 Å². The zero-order chi connectivity index (χ0) is 10.7. The number of nitro benzene ring substituents is 1. The standard InChI is InChI=1S/C12H8NO2/c14-13(15)12-9-5-4-8-11(12)10-6-2-1-3-7-10/h1-4,6-9H. The Hall–Kier alpha value is -2.16. The molecule has 0 atom stereocenters. The third-order valence-electron chi connectivity index (χ3n) is 2.12. The Morgan fingerprint density at radius 1 is 1.13 bits per heavy atom. The molecule has 0 aliphatic heterocycles. The molecule has 15 heavy (non-hydrogen) atoms. The van der Waals surface area contributed by atoms with Crippen LogP contribution in [0.4, 0.5) is 5.69 Å². The lowest BCUT2D eigenvalue weighted by atomic mass is 10.0. The SMILES string of the molecule is O=[N+]([O-])c1c[c]ccc1-c1ccccc1. The maximum Gasteiger partial charge on any atom is 0.277 e. The van der Waals surface area contributed by atoms with E-state index in [9.17, 15) is 10.1 Å². The molecule has 0 aromatic heterocycles. The van der Waals surface area contributed by atoms with Crippen LogP contribution in [0.15, 0.2) is 48.5 Å². The van der Waals surface area contributed by atoms with Gasteiger partial charge < -0.3 is 0 Å². The second-order valence-electron chi connectivity index (χ2n) is 3.07. The lowest BCUT2D eigenvalue weighted by Gasteiger charge is -2.01. The molecule has 73 valence electrons. The minimum absolute atomic E-state index is 0.0868. The van der Waals surface area contributed by atoms with Gasteiger partial charge in [0.05, 0.1) is 10.5 Å². The first kappa shape index (κ1) is 9.40. The molecule has 0 bridgehead atoms. The quantitative estimate of drug-likeness (QED) is 0.549. The molecule has 1 radical (unpaired) electrons. The molecule has 0 spiro atoms. The molecule has 0 aliphatic rings. The summed E-state index contributed by atoms with van der Waals surface area (Å²) < 4.78 is 0. The van der Waals surface area contributed by atoms with E-state index in [1.807, 2.05) is 30.3 Å². The number of rotatable bonds is 2. The average Bonchev–Trinajstić information content (AvgIpc) is 2.30. The number of nitro groups is 1. The van der Waals surface area contributed by atoms with Crippen LogP contribution in [-0.2, 0) is 0 Å². The van der Waals surface area contributed by atoms with Crippen LogP contribution in [0.2, 0.25) is 0 Å². The highest BCUT2D eigenvalue weighted by Gasteiger charge is 2.13. The number of hydrogen-bond acceptors (Lipinski definition) is 2. The molecule has 0 heterocycles. The maximum atomic E-state index is 10.8. The topological polar surface area (TPSA) is 43.1 Å². The summed E-state index contributed by atoms with van der Waals surface area (Å²) in [6.45, 7) is 0. The molecule has 0 aliphatic carbocycles. The highest BCUT2D eigenvalue weighted by Crippen LogP contribution is 2.28. The number of benzene rings is 2. The zero-order valence-corrected chi connectivity index (χ0v) is 7.88. The van der Waals surface area contributed by atoms with Gasteiger partial charge in [-0.2, -0.15) is 0 Å². The van der Waals surface area contributed by atoms with Gasteiger partial charge in [0.2, 0.25) is 0 Å². The van der Waals surface area contributed by atoms with Gasteiger partial charge in [0.25, 0.3) is 5.69 Å². The van der Waals surface area contributed by atoms with E-state index < -0.39 is 4.92 Å². The highest BCUT2D eigenvalue weighted by atomic mass is 16.6. The average molecular weight is 198 g/mol. The number of hydrogen-bond donors (Lipinski definition) is 0. The van der Waals surface area contributed by atoms with Crippen LogP contribution in [0, 0.1) is 16.2 Å². The summed E-state index contributed by atoms with van der Waals surface area (Å²) in [5.74, 6) is 0. The van der Waals surface area contributed by atoms with Crippen molar-refractivity contribution in [3.05, 3.63) is 64.7 Å². The van der Waals surface area contributed by atoms with E-state index in [4.69, 9.17) is 0 Å². The Kier molecular flexibility index (Phi) is 2.46. The molecule has 0 saturated heterocycles. The maximum absolute atomic E-state index is 10.8. The van der Waals surface area contributed by atoms with Crippen LogP contribution < -0.4 is 0 Å². The Morgan fingerprint density at radius 3 is 2.53 bits per heavy atom. The Morgan fingerprint density at radius 2 is 1.87 bits per heavy atom. The van der Waals surface area contributed by atoms with E-state index in [1.54, 1.807) is 12.1 Å². The third kappa shape index (κ3) is 1.86. The van der Waals surface area contributed by atoms with Crippen molar-refractivity contribution < 1.29 is 4.92 Å². The fraction of sp³-hybridized carbons (Fsp3) is 0. The first-order valence-corrected chi connectivity index (χ1v) is 4.49. The largest absolute Gasteiger partial charge is 0.277 e. The van der Waals surface area contributed by atoms with E-state index in [0.717, 1.165) is 5.56 Å². The van der Waals surface area contributed by atoms with Crippen LogP contribution in [0.5, 0.6) is 0 Å². The van der Waals surface area contributed by atoms with Gasteiger partial charge in [0, 0.05) is 6.07 Å². The van der Waals surface area contributed by atoms with Crippen LogP contribution in [0.3, 0.4) is 0 Å². The van der Waals surface area contributed by atoms with E-state index in [2.05, 4.69) is 6.07 Å². The van der Waals surface area contributed by atoms with Crippen molar-refractivity contribution in [2.75, 3.05) is 0 Å². The molecule has 0 fully saturated rings. The van der Waals surface area contributed by atoms with E-state index >= 15 is 0 Å². The summed E-state index contributed by atoms with van der Waals surface area (Å²) in [6.07, 6.45) is 0. The molecule has 0 amide bonds. The second kappa shape index (κ2) is 3.92. The van der Waals surface area contributed by atoms with Crippen LogP contribution in [-0.4, -0.2) is 4.92 Å². The fourth-order valence-corrected chi connectivity index (χ4v) is 1.43. The summed E-state index contributed by atoms with van der Waals surface area (Å²) >= 11 is 0. The van der Waals surface area contributed by atoms with Crippen molar-refractivity contribution in [1.29, 1.82) is 0 Å². The molecule has 0 unspecified atom stereocenters. The Balaban J connectivity index is 2.58. The van der Waals surface area contributed by atoms with Crippen molar-refractivity contribution in [2.24, 2.45) is 0 Å². The van der Waals surface area contributed by atoms with Gasteiger partial charge >= 0.3 is 0 Å². The molecule has 2 rings (SSSR count). The van der Waals surface area contributed by atoms with Crippen molar-refractivity contribution in [1.82, 2.24) is 0 Å². The molecule has 3 heteroatoms. The van der Waals surface area contributed by atoms with Crippen LogP contribution in [0.25, 0.3) is 11.1 Å². The summed E-state index contributed by atoms with van der Waals surface area (Å²) in [4.78, 5) is 10.4. The van der Waals surface area contributed by atoms with Crippen molar-refractivity contribution in [3.8, 4) is 11.1 Å². The molecule has 2 aromatic rings. The van der Waals surface area contributed by atoms with Gasteiger partial charge in [0.1, 0.15) is 0 Å². The van der Waals surface area contributed by atoms with E-state index in [0.29, 0.717) is 5.56 Å². The van der Waals surface area contributed by atoms with Gasteiger partial charge in [-0.3, -0.25) is 10.1 Å². The summed E-state index contributed by atoms with van der Waals surface area (Å²) in [7, 11) is 0. The Bertz CT molecular complexity index is 480. The van der Waals surface area contributed by atoms with Gasteiger partial charge in [-0.05, 0) is 17.7 Å². The predicted octanol–water partition coefficient (Wildman–Crippen LogP) is 3.06. The normalized spacial score (nSPS) is 9.87. The molecule has 0 N–H and O–H groups in total. The summed E-state index contributed by atoms with van der Waals surface area (Å²) in [5.41, 5.74) is 1.56. The van der Waals surface area contributed by atoms with E-state index in [-0.39, 0.29) is 5.69 Å². The molecular formula is C12H8NO2. The van der Waals surface area contributed by atoms with E-state index in [1.165, 1.54) is 6.07 Å². The zero-order valence-electron chi connectivity index (χ0n) is 7.88. The monoisotopic (exact) mass is 198 g/mol. The summed E-state index contributed by atoms with van der Waals surface area (Å²) in [6, 6.07) is 16.8. The Labute approximate surface area is 87.1 Å². The summed E-state index contributed by atoms with van der Waals surface area (Å²) in [5, 5.41) is 10.8. The molecule has 2 aromatic carbocycles. The number of nitrogens with zero attached hydrogens (tertiary/aromatic N) is 1. The van der Waals surface area contributed by atoms with Crippen LogP contribution in [0.1, 0.15) is 0 Å². The van der Waals surface area contributed by atoms with Gasteiger partial charge in [-0.15, -0.1) is 0 Å². The van der Waals surface area contributed by atoms with Gasteiger partial charge in [-0.1, -0.05) is 36.4 Å².